The third-order valence-electron chi connectivity index (χ3n) is 4.71. The van der Waals surface area contributed by atoms with Gasteiger partial charge in [-0.1, -0.05) is 18.2 Å². The molecule has 1 heterocycles. The summed E-state index contributed by atoms with van der Waals surface area (Å²) >= 11 is 0. The van der Waals surface area contributed by atoms with E-state index in [-0.39, 0.29) is 24.1 Å². The normalized spacial score (nSPS) is 23.8. The monoisotopic (exact) mass is 330 g/mol. The maximum absolute atomic E-state index is 12.5. The highest BCUT2D eigenvalue weighted by Crippen LogP contribution is 2.31. The zero-order valence-corrected chi connectivity index (χ0v) is 14.7. The molecule has 130 valence electrons. The Bertz CT molecular complexity index is 628. The zero-order valence-electron chi connectivity index (χ0n) is 14.7. The van der Waals surface area contributed by atoms with E-state index in [1.807, 2.05) is 49.9 Å². The number of rotatable bonds is 2. The van der Waals surface area contributed by atoms with E-state index in [1.165, 1.54) is 0 Å². The van der Waals surface area contributed by atoms with E-state index in [9.17, 15) is 9.59 Å². The van der Waals surface area contributed by atoms with Crippen molar-refractivity contribution in [3.05, 3.63) is 35.4 Å². The molecule has 0 aromatic heterocycles. The van der Waals surface area contributed by atoms with Crippen molar-refractivity contribution >= 4 is 12.0 Å². The molecule has 24 heavy (non-hydrogen) atoms. The van der Waals surface area contributed by atoms with Gasteiger partial charge in [-0.2, -0.15) is 0 Å². The molecular weight excluding hydrogens is 304 g/mol. The Hall–Kier alpha value is -2.04. The Balaban J connectivity index is 1.51. The molecule has 2 aliphatic rings. The molecule has 1 aliphatic carbocycles. The van der Waals surface area contributed by atoms with Crippen LogP contribution in [-0.2, 0) is 11.3 Å². The molecule has 1 aromatic carbocycles. The van der Waals surface area contributed by atoms with Crippen LogP contribution >= 0.6 is 0 Å². The van der Waals surface area contributed by atoms with Crippen LogP contribution < -0.4 is 5.32 Å². The van der Waals surface area contributed by atoms with Crippen LogP contribution in [0, 0.1) is 0 Å². The minimum atomic E-state index is -0.477. The highest BCUT2D eigenvalue weighted by molar-refractivity contribution is 5.98. The molecule has 1 aliphatic heterocycles. The van der Waals surface area contributed by atoms with E-state index in [0.717, 1.165) is 36.8 Å². The predicted octanol–water partition coefficient (Wildman–Crippen LogP) is 3.48. The molecule has 0 bridgehead atoms. The minimum Gasteiger partial charge on any atom is -0.444 e. The van der Waals surface area contributed by atoms with Gasteiger partial charge in [-0.3, -0.25) is 4.79 Å². The van der Waals surface area contributed by atoms with Gasteiger partial charge in [0.25, 0.3) is 5.91 Å². The number of carbonyl (C=O) groups excluding carboxylic acids is 2. The summed E-state index contributed by atoms with van der Waals surface area (Å²) in [6, 6.07) is 8.24. The van der Waals surface area contributed by atoms with Crippen molar-refractivity contribution < 1.29 is 14.3 Å². The van der Waals surface area contributed by atoms with Crippen LogP contribution in [0.15, 0.2) is 24.3 Å². The van der Waals surface area contributed by atoms with Gasteiger partial charge in [0, 0.05) is 24.2 Å². The Morgan fingerprint density at radius 2 is 1.83 bits per heavy atom. The van der Waals surface area contributed by atoms with E-state index < -0.39 is 5.60 Å². The quantitative estimate of drug-likeness (QED) is 0.903. The number of fused-ring (bicyclic) bond motifs is 1. The van der Waals surface area contributed by atoms with Gasteiger partial charge in [0.05, 0.1) is 0 Å². The average molecular weight is 330 g/mol. The third-order valence-corrected chi connectivity index (χ3v) is 4.71. The van der Waals surface area contributed by atoms with E-state index >= 15 is 0 Å². The van der Waals surface area contributed by atoms with E-state index in [0.29, 0.717) is 6.54 Å². The second-order valence-corrected chi connectivity index (χ2v) is 7.74. The molecule has 5 heteroatoms. The van der Waals surface area contributed by atoms with Crippen LogP contribution in [0.2, 0.25) is 0 Å². The smallest absolute Gasteiger partial charge is 0.407 e. The second kappa shape index (κ2) is 6.46. The maximum Gasteiger partial charge on any atom is 0.407 e. The lowest BCUT2D eigenvalue weighted by atomic mass is 9.90. The summed E-state index contributed by atoms with van der Waals surface area (Å²) in [6.45, 7) is 6.30. The fourth-order valence-electron chi connectivity index (χ4n) is 3.58. The molecule has 2 amide bonds. The summed E-state index contributed by atoms with van der Waals surface area (Å²) in [4.78, 5) is 26.4. The average Bonchev–Trinajstić information content (AvgIpc) is 2.84. The van der Waals surface area contributed by atoms with Crippen molar-refractivity contribution in [2.75, 3.05) is 0 Å². The highest BCUT2D eigenvalue weighted by Gasteiger charge is 2.35. The Labute approximate surface area is 143 Å². The number of hydrogen-bond donors (Lipinski definition) is 1. The standard InChI is InChI=1S/C19H26N2O3/c1-19(2,3)24-18(23)20-14-8-10-15(11-9-14)21-12-13-6-4-5-7-16(13)17(21)22/h4-7,14-15H,8-12H2,1-3H3,(H,20,23). The van der Waals surface area contributed by atoms with Crippen molar-refractivity contribution in [3.8, 4) is 0 Å². The number of amides is 2. The molecule has 5 nitrogen and oxygen atoms in total. The summed E-state index contributed by atoms with van der Waals surface area (Å²) in [5.74, 6) is 0.147. The van der Waals surface area contributed by atoms with Crippen molar-refractivity contribution in [2.24, 2.45) is 0 Å². The van der Waals surface area contributed by atoms with Gasteiger partial charge in [0.2, 0.25) is 0 Å². The van der Waals surface area contributed by atoms with E-state index in [4.69, 9.17) is 4.74 Å². The van der Waals surface area contributed by atoms with Gasteiger partial charge in [0.15, 0.2) is 0 Å². The topological polar surface area (TPSA) is 58.6 Å². The molecule has 3 rings (SSSR count). The van der Waals surface area contributed by atoms with Crippen LogP contribution in [0.1, 0.15) is 62.4 Å². The molecule has 0 atom stereocenters. The number of benzene rings is 1. The number of nitrogens with one attached hydrogen (secondary N) is 1. The molecule has 0 radical (unpaired) electrons. The van der Waals surface area contributed by atoms with Crippen molar-refractivity contribution in [3.63, 3.8) is 0 Å². The van der Waals surface area contributed by atoms with Crippen LogP contribution in [0.25, 0.3) is 0 Å². The van der Waals surface area contributed by atoms with Gasteiger partial charge in [-0.25, -0.2) is 4.79 Å². The van der Waals surface area contributed by atoms with Gasteiger partial charge < -0.3 is 15.0 Å². The van der Waals surface area contributed by atoms with E-state index in [1.54, 1.807) is 0 Å². The summed E-state index contributed by atoms with van der Waals surface area (Å²) in [5, 5.41) is 2.95. The molecule has 1 aromatic rings. The zero-order chi connectivity index (χ0) is 17.3. The lowest BCUT2D eigenvalue weighted by Crippen LogP contribution is -2.45. The lowest BCUT2D eigenvalue weighted by Gasteiger charge is -2.35. The first-order valence-corrected chi connectivity index (χ1v) is 8.72. The number of hydrogen-bond acceptors (Lipinski definition) is 3. The highest BCUT2D eigenvalue weighted by atomic mass is 16.6. The second-order valence-electron chi connectivity index (χ2n) is 7.74. The fraction of sp³-hybridized carbons (Fsp3) is 0.579. The first-order chi connectivity index (χ1) is 11.3. The predicted molar refractivity (Wildman–Crippen MR) is 91.7 cm³/mol. The summed E-state index contributed by atoms with van der Waals surface area (Å²) in [7, 11) is 0. The number of carbonyl (C=O) groups is 2. The largest absolute Gasteiger partial charge is 0.444 e. The van der Waals surface area contributed by atoms with Gasteiger partial charge in [-0.15, -0.1) is 0 Å². The summed E-state index contributed by atoms with van der Waals surface area (Å²) in [6.07, 6.45) is 3.24. The van der Waals surface area contributed by atoms with Gasteiger partial charge in [-0.05, 0) is 58.1 Å². The first kappa shape index (κ1) is 16.8. The molecular formula is C19H26N2O3. The van der Waals surface area contributed by atoms with Crippen LogP contribution in [0.5, 0.6) is 0 Å². The van der Waals surface area contributed by atoms with E-state index in [2.05, 4.69) is 5.32 Å². The Morgan fingerprint density at radius 3 is 2.46 bits per heavy atom. The Kier molecular flexibility index (Phi) is 4.52. The lowest BCUT2D eigenvalue weighted by molar-refractivity contribution is 0.0461. The summed E-state index contributed by atoms with van der Waals surface area (Å²) < 4.78 is 5.31. The van der Waals surface area contributed by atoms with Crippen molar-refractivity contribution in [1.82, 2.24) is 10.2 Å². The third kappa shape index (κ3) is 3.71. The molecule has 1 N–H and O–H groups in total. The van der Waals surface area contributed by atoms with Crippen LogP contribution in [0.3, 0.4) is 0 Å². The van der Waals surface area contributed by atoms with Crippen LogP contribution in [0.4, 0.5) is 4.79 Å². The molecule has 1 fully saturated rings. The van der Waals surface area contributed by atoms with Crippen molar-refractivity contribution in [2.45, 2.75) is 70.7 Å². The molecule has 0 saturated heterocycles. The Morgan fingerprint density at radius 1 is 1.17 bits per heavy atom. The molecule has 0 unspecified atom stereocenters. The van der Waals surface area contributed by atoms with Gasteiger partial charge in [0.1, 0.15) is 5.60 Å². The van der Waals surface area contributed by atoms with Gasteiger partial charge >= 0.3 is 6.09 Å². The number of ether oxygens (including phenoxy) is 1. The van der Waals surface area contributed by atoms with Crippen LogP contribution in [-0.4, -0.2) is 34.6 Å². The fourth-order valence-corrected chi connectivity index (χ4v) is 3.58. The molecule has 0 spiro atoms. The molecule has 1 saturated carbocycles. The SMILES string of the molecule is CC(C)(C)OC(=O)NC1CCC(N2Cc3ccccc3C2=O)CC1. The van der Waals surface area contributed by atoms with Crippen molar-refractivity contribution in [1.29, 1.82) is 0 Å². The summed E-state index contributed by atoms with van der Waals surface area (Å²) in [5.41, 5.74) is 1.48. The minimum absolute atomic E-state index is 0.135. The number of alkyl carbamates (subject to hydrolysis) is 1. The maximum atomic E-state index is 12.5. The number of nitrogens with zero attached hydrogens (tertiary/aromatic N) is 1. The first-order valence-electron chi connectivity index (χ1n) is 8.72.